The summed E-state index contributed by atoms with van der Waals surface area (Å²) in [6.45, 7) is 10.5. The molecule has 6 rings (SSSR count). The molecule has 5 nitrogen and oxygen atoms in total. The van der Waals surface area contributed by atoms with Gasteiger partial charge in [0.1, 0.15) is 5.60 Å². The molecule has 0 spiro atoms. The van der Waals surface area contributed by atoms with Gasteiger partial charge >= 0.3 is 0 Å². The Kier molecular flexibility index (Phi) is 6.37. The molecule has 4 saturated carbocycles. The molecular weight excluding hydrogens is 426 g/mol. The van der Waals surface area contributed by atoms with Crippen LogP contribution in [-0.2, 0) is 14.2 Å². The Morgan fingerprint density at radius 3 is 2.44 bits per heavy atom. The molecule has 2 saturated heterocycles. The van der Waals surface area contributed by atoms with E-state index in [-0.39, 0.29) is 11.7 Å². The molecule has 5 heteroatoms. The molecule has 194 valence electrons. The van der Waals surface area contributed by atoms with E-state index in [0.717, 1.165) is 44.8 Å². The van der Waals surface area contributed by atoms with Gasteiger partial charge in [-0.2, -0.15) is 0 Å². The van der Waals surface area contributed by atoms with Crippen LogP contribution in [0.2, 0.25) is 0 Å². The maximum absolute atomic E-state index is 12.7. The summed E-state index contributed by atoms with van der Waals surface area (Å²) >= 11 is 0. The van der Waals surface area contributed by atoms with E-state index in [1.54, 1.807) is 0 Å². The fraction of sp³-hybridized carbons (Fsp3) is 1.00. The van der Waals surface area contributed by atoms with Crippen molar-refractivity contribution in [2.24, 2.45) is 28.6 Å². The van der Waals surface area contributed by atoms with Crippen molar-refractivity contribution in [2.45, 2.75) is 115 Å². The van der Waals surface area contributed by atoms with E-state index in [9.17, 15) is 5.11 Å². The highest BCUT2D eigenvalue weighted by atomic mass is 16.7. The lowest BCUT2D eigenvalue weighted by Crippen LogP contribution is -2.68. The van der Waals surface area contributed by atoms with E-state index >= 15 is 0 Å². The Hall–Kier alpha value is -0.200. The number of ether oxygens (including phenoxy) is 3. The molecule has 0 bridgehead atoms. The van der Waals surface area contributed by atoms with Crippen LogP contribution in [-0.4, -0.2) is 67.0 Å². The van der Waals surface area contributed by atoms with Crippen molar-refractivity contribution in [3.8, 4) is 0 Å². The maximum Gasteiger partial charge on any atom is 0.187 e. The van der Waals surface area contributed by atoms with Gasteiger partial charge in [0, 0.05) is 18.6 Å². The van der Waals surface area contributed by atoms with Crippen LogP contribution < -0.4 is 0 Å². The molecule has 2 heterocycles. The summed E-state index contributed by atoms with van der Waals surface area (Å²) < 4.78 is 19.4. The minimum Gasteiger partial charge on any atom is -0.389 e. The van der Waals surface area contributed by atoms with Crippen molar-refractivity contribution < 1.29 is 19.3 Å². The first kappa shape index (κ1) is 24.2. The van der Waals surface area contributed by atoms with Gasteiger partial charge in [-0.1, -0.05) is 26.7 Å². The van der Waals surface area contributed by atoms with Crippen LogP contribution in [0.4, 0.5) is 0 Å². The fourth-order valence-corrected chi connectivity index (χ4v) is 10.2. The minimum atomic E-state index is -0.675. The molecule has 7 atom stereocenters. The van der Waals surface area contributed by atoms with E-state index in [1.807, 2.05) is 0 Å². The molecule has 0 aromatic heterocycles. The molecule has 0 radical (unpaired) electrons. The second kappa shape index (κ2) is 8.97. The molecular formula is C29H49NO4. The molecule has 6 fully saturated rings. The molecule has 1 N–H and O–H groups in total. The highest BCUT2D eigenvalue weighted by molar-refractivity contribution is 5.23. The third-order valence-corrected chi connectivity index (χ3v) is 12.1. The molecule has 2 unspecified atom stereocenters. The smallest absolute Gasteiger partial charge is 0.187 e. The summed E-state index contributed by atoms with van der Waals surface area (Å²) in [6, 6.07) is 0. The molecule has 2 aliphatic heterocycles. The van der Waals surface area contributed by atoms with Crippen molar-refractivity contribution in [1.82, 2.24) is 4.90 Å². The predicted molar refractivity (Wildman–Crippen MR) is 132 cm³/mol. The zero-order valence-corrected chi connectivity index (χ0v) is 21.9. The van der Waals surface area contributed by atoms with Gasteiger partial charge in [-0.05, 0) is 107 Å². The number of hydrogen-bond acceptors (Lipinski definition) is 5. The standard InChI is InChI=1S/C29H49NO4/c1-26-12-4-3-8-22(26)9-10-24-23(26)11-13-27(2)28(24,31)14-15-29(27,25-32-20-21-33-25)34-19-7-18-30-16-5-6-17-30/h22-25,31H,3-21H2,1-2H3/t22?,23-,24-,26+,27+,28-,29?/m1/s1. The van der Waals surface area contributed by atoms with Gasteiger partial charge in [0.25, 0.3) is 0 Å². The van der Waals surface area contributed by atoms with Crippen LogP contribution in [0.25, 0.3) is 0 Å². The molecule has 4 aliphatic carbocycles. The van der Waals surface area contributed by atoms with Crippen molar-refractivity contribution >= 4 is 0 Å². The molecule has 6 aliphatic rings. The first-order valence-electron chi connectivity index (χ1n) is 14.7. The average molecular weight is 476 g/mol. The van der Waals surface area contributed by atoms with Crippen LogP contribution in [0.5, 0.6) is 0 Å². The zero-order chi connectivity index (χ0) is 23.4. The Morgan fingerprint density at radius 2 is 1.65 bits per heavy atom. The lowest BCUT2D eigenvalue weighted by atomic mass is 9.43. The highest BCUT2D eigenvalue weighted by Crippen LogP contribution is 2.71. The lowest BCUT2D eigenvalue weighted by molar-refractivity contribution is -0.294. The third kappa shape index (κ3) is 3.43. The SMILES string of the molecule is C[C@]12CCCCC1CC[C@@H]1[C@H]2CC[C@]2(C)C(OCCCN3CCCC3)(C3OCCO3)CC[C@@]12O. The van der Waals surface area contributed by atoms with Gasteiger partial charge in [0.2, 0.25) is 0 Å². The molecule has 0 amide bonds. The van der Waals surface area contributed by atoms with E-state index in [1.165, 1.54) is 70.9 Å². The second-order valence-electron chi connectivity index (χ2n) is 13.2. The lowest BCUT2D eigenvalue weighted by Gasteiger charge is -2.64. The first-order valence-corrected chi connectivity index (χ1v) is 14.7. The Labute approximate surface area is 207 Å². The second-order valence-corrected chi connectivity index (χ2v) is 13.2. The van der Waals surface area contributed by atoms with Gasteiger partial charge in [-0.3, -0.25) is 0 Å². The predicted octanol–water partition coefficient (Wildman–Crippen LogP) is 5.15. The van der Waals surface area contributed by atoms with Crippen LogP contribution >= 0.6 is 0 Å². The highest BCUT2D eigenvalue weighted by Gasteiger charge is 2.74. The van der Waals surface area contributed by atoms with E-state index in [0.29, 0.717) is 30.5 Å². The Balaban J connectivity index is 1.25. The fourth-order valence-electron chi connectivity index (χ4n) is 10.2. The monoisotopic (exact) mass is 475 g/mol. The summed E-state index contributed by atoms with van der Waals surface area (Å²) in [5, 5.41) is 12.7. The average Bonchev–Trinajstić information content (AvgIpc) is 3.58. The largest absolute Gasteiger partial charge is 0.389 e. The Bertz CT molecular complexity index is 736. The normalized spacial score (nSPS) is 49.7. The number of nitrogens with zero attached hydrogens (tertiary/aromatic N) is 1. The quantitative estimate of drug-likeness (QED) is 0.539. The third-order valence-electron chi connectivity index (χ3n) is 12.1. The minimum absolute atomic E-state index is 0.318. The van der Waals surface area contributed by atoms with Gasteiger partial charge in [-0.25, -0.2) is 0 Å². The van der Waals surface area contributed by atoms with E-state index in [2.05, 4.69) is 18.7 Å². The summed E-state index contributed by atoms with van der Waals surface area (Å²) in [4.78, 5) is 2.57. The van der Waals surface area contributed by atoms with Crippen molar-refractivity contribution in [1.29, 1.82) is 0 Å². The molecule has 34 heavy (non-hydrogen) atoms. The molecule has 0 aromatic carbocycles. The van der Waals surface area contributed by atoms with Crippen molar-refractivity contribution in [3.63, 3.8) is 0 Å². The summed E-state index contributed by atoms with van der Waals surface area (Å²) in [5.41, 5.74) is -1.10. The number of fused-ring (bicyclic) bond motifs is 5. The van der Waals surface area contributed by atoms with Crippen LogP contribution in [0, 0.1) is 28.6 Å². The number of hydrogen-bond donors (Lipinski definition) is 1. The zero-order valence-electron chi connectivity index (χ0n) is 21.9. The maximum atomic E-state index is 12.7. The topological polar surface area (TPSA) is 51.2 Å². The molecule has 0 aromatic rings. The van der Waals surface area contributed by atoms with Crippen molar-refractivity contribution in [2.75, 3.05) is 39.5 Å². The van der Waals surface area contributed by atoms with E-state index in [4.69, 9.17) is 14.2 Å². The summed E-state index contributed by atoms with van der Waals surface area (Å²) in [5.74, 6) is 1.91. The Morgan fingerprint density at radius 1 is 0.853 bits per heavy atom. The number of rotatable bonds is 6. The van der Waals surface area contributed by atoms with Gasteiger partial charge in [0.05, 0.1) is 18.8 Å². The number of aliphatic hydroxyl groups is 1. The van der Waals surface area contributed by atoms with Gasteiger partial charge < -0.3 is 24.2 Å². The van der Waals surface area contributed by atoms with Crippen LogP contribution in [0.3, 0.4) is 0 Å². The van der Waals surface area contributed by atoms with Gasteiger partial charge in [0.15, 0.2) is 6.29 Å². The van der Waals surface area contributed by atoms with E-state index < -0.39 is 11.2 Å². The van der Waals surface area contributed by atoms with Crippen LogP contribution in [0.1, 0.15) is 97.3 Å². The van der Waals surface area contributed by atoms with Crippen molar-refractivity contribution in [3.05, 3.63) is 0 Å². The van der Waals surface area contributed by atoms with Crippen LogP contribution in [0.15, 0.2) is 0 Å². The number of likely N-dealkylation sites (tertiary alicyclic amines) is 1. The first-order chi connectivity index (χ1) is 16.4. The summed E-state index contributed by atoms with van der Waals surface area (Å²) in [6.07, 6.45) is 15.4. The summed E-state index contributed by atoms with van der Waals surface area (Å²) in [7, 11) is 0. The van der Waals surface area contributed by atoms with Gasteiger partial charge in [-0.15, -0.1) is 0 Å².